The van der Waals surface area contributed by atoms with E-state index in [4.69, 9.17) is 0 Å². The Morgan fingerprint density at radius 2 is 2.11 bits per heavy atom. The van der Waals surface area contributed by atoms with E-state index in [1.54, 1.807) is 6.07 Å². The molecule has 1 saturated carbocycles. The fourth-order valence-electron chi connectivity index (χ4n) is 2.80. The molecule has 1 aliphatic rings. The maximum Gasteiger partial charge on any atom is 0.292 e. The van der Waals surface area contributed by atoms with Crippen LogP contribution >= 0.6 is 15.9 Å². The molecule has 104 valence electrons. The van der Waals surface area contributed by atoms with E-state index in [-0.39, 0.29) is 10.6 Å². The highest BCUT2D eigenvalue weighted by atomic mass is 79.9. The molecule has 0 unspecified atom stereocenters. The van der Waals surface area contributed by atoms with E-state index in [0.29, 0.717) is 11.2 Å². The van der Waals surface area contributed by atoms with Gasteiger partial charge < -0.3 is 4.90 Å². The average Bonchev–Trinajstić information content (AvgIpc) is 2.90. The van der Waals surface area contributed by atoms with Crippen molar-refractivity contribution in [2.75, 3.05) is 18.5 Å². The van der Waals surface area contributed by atoms with Crippen molar-refractivity contribution in [1.29, 1.82) is 0 Å². The molecule has 0 heterocycles. The van der Waals surface area contributed by atoms with Gasteiger partial charge in [-0.25, -0.2) is 0 Å². The summed E-state index contributed by atoms with van der Waals surface area (Å²) in [5.41, 5.74) is 1.86. The van der Waals surface area contributed by atoms with E-state index >= 15 is 0 Å². The molecule has 5 heteroatoms. The zero-order valence-electron chi connectivity index (χ0n) is 11.1. The van der Waals surface area contributed by atoms with Crippen LogP contribution in [0.5, 0.6) is 0 Å². The minimum absolute atomic E-state index is 0.206. The molecule has 0 N–H and O–H groups in total. The van der Waals surface area contributed by atoms with Crippen LogP contribution in [0.3, 0.4) is 0 Å². The van der Waals surface area contributed by atoms with Crippen molar-refractivity contribution in [2.45, 2.75) is 31.0 Å². The fourth-order valence-corrected chi connectivity index (χ4v) is 3.15. The molecule has 4 nitrogen and oxygen atoms in total. The second kappa shape index (κ2) is 6.37. The number of hydrogen-bond acceptors (Lipinski definition) is 3. The Morgan fingerprint density at radius 3 is 2.68 bits per heavy atom. The van der Waals surface area contributed by atoms with Crippen LogP contribution in [-0.4, -0.2) is 18.5 Å². The van der Waals surface area contributed by atoms with Crippen LogP contribution in [0, 0.1) is 16.0 Å². The monoisotopic (exact) mass is 326 g/mol. The van der Waals surface area contributed by atoms with Gasteiger partial charge in [-0.1, -0.05) is 34.8 Å². The molecule has 1 aliphatic carbocycles. The summed E-state index contributed by atoms with van der Waals surface area (Å²) >= 11 is 3.34. The van der Waals surface area contributed by atoms with Crippen LogP contribution < -0.4 is 4.90 Å². The van der Waals surface area contributed by atoms with Crippen LogP contribution in [0.2, 0.25) is 0 Å². The van der Waals surface area contributed by atoms with Gasteiger partial charge in [0.2, 0.25) is 0 Å². The average molecular weight is 327 g/mol. The summed E-state index contributed by atoms with van der Waals surface area (Å²) in [4.78, 5) is 12.9. The summed E-state index contributed by atoms with van der Waals surface area (Å²) in [6.45, 7) is 0.911. The molecular weight excluding hydrogens is 308 g/mol. The van der Waals surface area contributed by atoms with Gasteiger partial charge in [0.1, 0.15) is 5.69 Å². The van der Waals surface area contributed by atoms with Crippen LogP contribution in [0.25, 0.3) is 0 Å². The number of nitrogens with zero attached hydrogens (tertiary/aromatic N) is 2. The SMILES string of the molecule is CN(CC1CCCC1)c1ccc(CBr)cc1[N+](=O)[O-]. The summed E-state index contributed by atoms with van der Waals surface area (Å²) in [5.74, 6) is 0.681. The quantitative estimate of drug-likeness (QED) is 0.464. The van der Waals surface area contributed by atoms with Crippen LogP contribution in [0.1, 0.15) is 31.2 Å². The van der Waals surface area contributed by atoms with E-state index in [0.717, 1.165) is 17.8 Å². The first-order valence-electron chi connectivity index (χ1n) is 6.66. The second-order valence-corrected chi connectivity index (χ2v) is 5.81. The zero-order chi connectivity index (χ0) is 13.8. The third-order valence-electron chi connectivity index (χ3n) is 3.81. The summed E-state index contributed by atoms with van der Waals surface area (Å²) in [7, 11) is 1.95. The van der Waals surface area contributed by atoms with E-state index < -0.39 is 0 Å². The Morgan fingerprint density at radius 1 is 1.42 bits per heavy atom. The maximum absolute atomic E-state index is 11.2. The molecule has 0 atom stereocenters. The molecule has 0 bridgehead atoms. The predicted molar refractivity (Wildman–Crippen MR) is 81.0 cm³/mol. The number of nitro groups is 1. The highest BCUT2D eigenvalue weighted by molar-refractivity contribution is 9.08. The normalized spacial score (nSPS) is 15.7. The summed E-state index contributed by atoms with van der Waals surface area (Å²) in [5, 5.41) is 11.8. The molecule has 1 aromatic rings. The molecule has 0 spiro atoms. The number of hydrogen-bond donors (Lipinski definition) is 0. The Kier molecular flexibility index (Phi) is 4.80. The first-order chi connectivity index (χ1) is 9.11. The molecule has 2 rings (SSSR count). The summed E-state index contributed by atoms with van der Waals surface area (Å²) in [6, 6.07) is 5.47. The van der Waals surface area contributed by atoms with E-state index in [1.807, 2.05) is 24.1 Å². The first kappa shape index (κ1) is 14.3. The van der Waals surface area contributed by atoms with Gasteiger partial charge in [-0.3, -0.25) is 10.1 Å². The highest BCUT2D eigenvalue weighted by Crippen LogP contribution is 2.32. The van der Waals surface area contributed by atoms with Gasteiger partial charge in [-0.15, -0.1) is 0 Å². The van der Waals surface area contributed by atoms with Gasteiger partial charge >= 0.3 is 0 Å². The van der Waals surface area contributed by atoms with E-state index in [1.165, 1.54) is 25.7 Å². The number of rotatable bonds is 5. The minimum atomic E-state index is -0.285. The van der Waals surface area contributed by atoms with Crippen molar-refractivity contribution < 1.29 is 4.92 Å². The lowest BCUT2D eigenvalue weighted by atomic mass is 10.1. The number of alkyl halides is 1. The Hall–Kier alpha value is -1.10. The van der Waals surface area contributed by atoms with Gasteiger partial charge in [-0.2, -0.15) is 0 Å². The van der Waals surface area contributed by atoms with Crippen molar-refractivity contribution in [3.63, 3.8) is 0 Å². The molecule has 0 aliphatic heterocycles. The maximum atomic E-state index is 11.2. The minimum Gasteiger partial charge on any atom is -0.369 e. The van der Waals surface area contributed by atoms with Crippen molar-refractivity contribution in [2.24, 2.45) is 5.92 Å². The topological polar surface area (TPSA) is 46.4 Å². The standard InChI is InChI=1S/C14H19BrN2O2/c1-16(10-11-4-2-3-5-11)13-7-6-12(9-15)8-14(13)17(18)19/h6-8,11H,2-5,9-10H2,1H3. The molecule has 1 fully saturated rings. The molecule has 0 saturated heterocycles. The van der Waals surface area contributed by atoms with Crippen LogP contribution in [0.15, 0.2) is 18.2 Å². The summed E-state index contributed by atoms with van der Waals surface area (Å²) in [6.07, 6.45) is 5.08. The number of anilines is 1. The Labute approximate surface area is 122 Å². The third-order valence-corrected chi connectivity index (χ3v) is 4.46. The van der Waals surface area contributed by atoms with Gasteiger partial charge in [-0.05, 0) is 30.4 Å². The number of benzene rings is 1. The largest absolute Gasteiger partial charge is 0.369 e. The second-order valence-electron chi connectivity index (χ2n) is 5.24. The van der Waals surface area contributed by atoms with Gasteiger partial charge in [0.25, 0.3) is 5.69 Å². The first-order valence-corrected chi connectivity index (χ1v) is 7.78. The van der Waals surface area contributed by atoms with Crippen molar-refractivity contribution in [1.82, 2.24) is 0 Å². The van der Waals surface area contributed by atoms with Crippen molar-refractivity contribution in [3.8, 4) is 0 Å². The zero-order valence-corrected chi connectivity index (χ0v) is 12.7. The molecule has 0 amide bonds. The lowest BCUT2D eigenvalue weighted by molar-refractivity contribution is -0.384. The van der Waals surface area contributed by atoms with E-state index in [2.05, 4.69) is 15.9 Å². The van der Waals surface area contributed by atoms with Gasteiger partial charge in [0.15, 0.2) is 0 Å². The van der Waals surface area contributed by atoms with Crippen LogP contribution in [0.4, 0.5) is 11.4 Å². The number of halogens is 1. The van der Waals surface area contributed by atoms with Gasteiger partial charge in [0, 0.05) is 25.0 Å². The molecule has 1 aromatic carbocycles. The van der Waals surface area contributed by atoms with Crippen molar-refractivity contribution >= 4 is 27.3 Å². The van der Waals surface area contributed by atoms with E-state index in [9.17, 15) is 10.1 Å². The summed E-state index contributed by atoms with van der Waals surface area (Å²) < 4.78 is 0. The van der Waals surface area contributed by atoms with Gasteiger partial charge in [0.05, 0.1) is 4.92 Å². The molecule has 0 aromatic heterocycles. The predicted octanol–water partition coefficient (Wildman–Crippen LogP) is 4.12. The highest BCUT2D eigenvalue weighted by Gasteiger charge is 2.22. The smallest absolute Gasteiger partial charge is 0.292 e. The molecule has 0 radical (unpaired) electrons. The van der Waals surface area contributed by atoms with Crippen molar-refractivity contribution in [3.05, 3.63) is 33.9 Å². The lowest BCUT2D eigenvalue weighted by Crippen LogP contribution is -2.24. The number of nitro benzene ring substituents is 1. The Balaban J connectivity index is 2.19. The fraction of sp³-hybridized carbons (Fsp3) is 0.571. The van der Waals surface area contributed by atoms with Crippen LogP contribution in [-0.2, 0) is 5.33 Å². The molecular formula is C14H19BrN2O2. The lowest BCUT2D eigenvalue weighted by Gasteiger charge is -2.23. The Bertz CT molecular complexity index is 459. The third kappa shape index (κ3) is 3.47. The molecule has 19 heavy (non-hydrogen) atoms.